The lowest BCUT2D eigenvalue weighted by Crippen LogP contribution is -2.39. The molecule has 0 spiro atoms. The zero-order chi connectivity index (χ0) is 20.9. The van der Waals surface area contributed by atoms with Crippen LogP contribution in [0.3, 0.4) is 0 Å². The van der Waals surface area contributed by atoms with Gasteiger partial charge in [-0.05, 0) is 61.3 Å². The van der Waals surface area contributed by atoms with Crippen molar-refractivity contribution in [2.75, 3.05) is 38.3 Å². The van der Waals surface area contributed by atoms with Crippen molar-refractivity contribution in [1.82, 2.24) is 20.3 Å². The highest BCUT2D eigenvalue weighted by Gasteiger charge is 2.23. The minimum Gasteiger partial charge on any atom is -0.497 e. The Hall–Kier alpha value is -2.61. The Balaban J connectivity index is 1.28. The Morgan fingerprint density at radius 1 is 1.13 bits per heavy atom. The molecule has 0 atom stereocenters. The van der Waals surface area contributed by atoms with Gasteiger partial charge in [0.15, 0.2) is 0 Å². The van der Waals surface area contributed by atoms with Crippen molar-refractivity contribution in [3.8, 4) is 11.5 Å². The number of anilines is 1. The highest BCUT2D eigenvalue weighted by Crippen LogP contribution is 2.31. The van der Waals surface area contributed by atoms with Gasteiger partial charge in [0.2, 0.25) is 11.2 Å². The average molecular weight is 432 g/mol. The van der Waals surface area contributed by atoms with Crippen molar-refractivity contribution < 1.29 is 14.3 Å². The first-order valence-electron chi connectivity index (χ1n) is 10.3. The third-order valence-corrected chi connectivity index (χ3v) is 5.72. The SMILES string of the molecule is COc1cc(OCC2CC2)cc(C(=O)NCC2CCN(c3ncnc(Cl)n3)CC2)c1. The van der Waals surface area contributed by atoms with E-state index < -0.39 is 0 Å². The van der Waals surface area contributed by atoms with Crippen molar-refractivity contribution in [2.45, 2.75) is 25.7 Å². The van der Waals surface area contributed by atoms with E-state index in [4.69, 9.17) is 21.1 Å². The number of aromatic nitrogens is 3. The predicted molar refractivity (Wildman–Crippen MR) is 113 cm³/mol. The molecule has 30 heavy (non-hydrogen) atoms. The molecule has 0 radical (unpaired) electrons. The molecule has 1 saturated heterocycles. The molecular formula is C21H26ClN5O3. The summed E-state index contributed by atoms with van der Waals surface area (Å²) in [6.45, 7) is 2.96. The lowest BCUT2D eigenvalue weighted by molar-refractivity contribution is 0.0944. The lowest BCUT2D eigenvalue weighted by Gasteiger charge is -2.31. The van der Waals surface area contributed by atoms with Crippen LogP contribution in [0.15, 0.2) is 24.5 Å². The van der Waals surface area contributed by atoms with Crippen LogP contribution in [0.5, 0.6) is 11.5 Å². The first kappa shape index (κ1) is 20.7. The standard InChI is InChI=1S/C21H26ClN5O3/c1-29-17-8-16(9-18(10-17)30-12-15-2-3-15)19(28)23-11-14-4-6-27(7-5-14)21-25-13-24-20(22)26-21/h8-10,13-15H,2-7,11-12H2,1H3,(H,23,28). The maximum absolute atomic E-state index is 12.7. The number of methoxy groups -OCH3 is 1. The summed E-state index contributed by atoms with van der Waals surface area (Å²) in [6.07, 6.45) is 5.75. The van der Waals surface area contributed by atoms with Gasteiger partial charge in [-0.1, -0.05) is 0 Å². The Morgan fingerprint density at radius 3 is 2.60 bits per heavy atom. The van der Waals surface area contributed by atoms with Crippen LogP contribution in [-0.4, -0.2) is 54.2 Å². The number of benzene rings is 1. The molecule has 2 aliphatic rings. The molecule has 1 aliphatic heterocycles. The Kier molecular flexibility index (Phi) is 6.52. The number of carbonyl (C=O) groups excluding carboxylic acids is 1. The summed E-state index contributed by atoms with van der Waals surface area (Å²) in [5.74, 6) is 2.84. The van der Waals surface area contributed by atoms with Gasteiger partial charge >= 0.3 is 0 Å². The molecule has 2 aromatic rings. The molecule has 2 fully saturated rings. The van der Waals surface area contributed by atoms with E-state index in [0.29, 0.717) is 48.0 Å². The number of carbonyl (C=O) groups is 1. The summed E-state index contributed by atoms with van der Waals surface area (Å²) in [4.78, 5) is 27.0. The fraction of sp³-hybridized carbons (Fsp3) is 0.524. The van der Waals surface area contributed by atoms with E-state index in [-0.39, 0.29) is 11.2 Å². The van der Waals surface area contributed by atoms with Gasteiger partial charge in [0, 0.05) is 31.3 Å². The highest BCUT2D eigenvalue weighted by molar-refractivity contribution is 6.28. The van der Waals surface area contributed by atoms with Gasteiger partial charge in [-0.15, -0.1) is 0 Å². The lowest BCUT2D eigenvalue weighted by atomic mass is 9.97. The summed E-state index contributed by atoms with van der Waals surface area (Å²) in [7, 11) is 1.59. The minimum absolute atomic E-state index is 0.114. The molecular weight excluding hydrogens is 406 g/mol. The number of ether oxygens (including phenoxy) is 2. The highest BCUT2D eigenvalue weighted by atomic mass is 35.5. The van der Waals surface area contributed by atoms with Crippen LogP contribution in [0.2, 0.25) is 5.28 Å². The van der Waals surface area contributed by atoms with E-state index >= 15 is 0 Å². The zero-order valence-electron chi connectivity index (χ0n) is 17.0. The normalized spacial score (nSPS) is 16.9. The molecule has 8 nitrogen and oxygen atoms in total. The second kappa shape index (κ2) is 9.47. The monoisotopic (exact) mass is 431 g/mol. The smallest absolute Gasteiger partial charge is 0.251 e. The molecule has 4 rings (SSSR count). The van der Waals surface area contributed by atoms with Crippen LogP contribution in [0.4, 0.5) is 5.95 Å². The third-order valence-electron chi connectivity index (χ3n) is 5.54. The van der Waals surface area contributed by atoms with Crippen molar-refractivity contribution in [3.63, 3.8) is 0 Å². The second-order valence-electron chi connectivity index (χ2n) is 7.85. The topological polar surface area (TPSA) is 89.5 Å². The molecule has 0 bridgehead atoms. The van der Waals surface area contributed by atoms with E-state index in [0.717, 1.165) is 25.9 Å². The second-order valence-corrected chi connectivity index (χ2v) is 8.18. The van der Waals surface area contributed by atoms with Crippen LogP contribution in [0, 0.1) is 11.8 Å². The number of nitrogens with one attached hydrogen (secondary N) is 1. The molecule has 1 aromatic heterocycles. The molecule has 2 heterocycles. The quantitative estimate of drug-likeness (QED) is 0.687. The van der Waals surface area contributed by atoms with E-state index in [9.17, 15) is 4.79 Å². The maximum Gasteiger partial charge on any atom is 0.251 e. The van der Waals surface area contributed by atoms with Crippen molar-refractivity contribution in [2.24, 2.45) is 11.8 Å². The maximum atomic E-state index is 12.7. The van der Waals surface area contributed by atoms with E-state index in [2.05, 4.69) is 25.2 Å². The molecule has 1 saturated carbocycles. The van der Waals surface area contributed by atoms with Gasteiger partial charge in [-0.2, -0.15) is 4.98 Å². The van der Waals surface area contributed by atoms with Gasteiger partial charge < -0.3 is 19.7 Å². The summed E-state index contributed by atoms with van der Waals surface area (Å²) in [5, 5.41) is 3.26. The number of hydrogen-bond donors (Lipinski definition) is 1. The van der Waals surface area contributed by atoms with E-state index in [1.54, 1.807) is 19.2 Å². The van der Waals surface area contributed by atoms with Gasteiger partial charge in [0.1, 0.15) is 17.8 Å². The third kappa shape index (κ3) is 5.50. The predicted octanol–water partition coefficient (Wildman–Crippen LogP) is 2.97. The number of hydrogen-bond acceptors (Lipinski definition) is 7. The van der Waals surface area contributed by atoms with Gasteiger partial charge in [0.25, 0.3) is 5.91 Å². The van der Waals surface area contributed by atoms with Crippen LogP contribution in [0.25, 0.3) is 0 Å². The Labute approximate surface area is 181 Å². The average Bonchev–Trinajstić information content (AvgIpc) is 3.61. The van der Waals surface area contributed by atoms with E-state index in [1.165, 1.54) is 19.2 Å². The number of amides is 1. The molecule has 1 N–H and O–H groups in total. The fourth-order valence-corrected chi connectivity index (χ4v) is 3.62. The Bertz CT molecular complexity index is 885. The van der Waals surface area contributed by atoms with Crippen LogP contribution in [0.1, 0.15) is 36.0 Å². The van der Waals surface area contributed by atoms with Crippen molar-refractivity contribution in [3.05, 3.63) is 35.4 Å². The molecule has 160 valence electrons. The van der Waals surface area contributed by atoms with E-state index in [1.807, 2.05) is 6.07 Å². The molecule has 9 heteroatoms. The first-order chi connectivity index (χ1) is 14.6. The van der Waals surface area contributed by atoms with Gasteiger partial charge in [0.05, 0.1) is 13.7 Å². The zero-order valence-corrected chi connectivity index (χ0v) is 17.8. The minimum atomic E-state index is -0.114. The summed E-state index contributed by atoms with van der Waals surface area (Å²) >= 11 is 5.85. The summed E-state index contributed by atoms with van der Waals surface area (Å²) in [5.41, 5.74) is 0.553. The first-order valence-corrected chi connectivity index (χ1v) is 10.7. The summed E-state index contributed by atoms with van der Waals surface area (Å²) < 4.78 is 11.2. The van der Waals surface area contributed by atoms with Crippen molar-refractivity contribution in [1.29, 1.82) is 0 Å². The van der Waals surface area contributed by atoms with Crippen LogP contribution in [-0.2, 0) is 0 Å². The number of halogens is 1. The fourth-order valence-electron chi connectivity index (χ4n) is 3.50. The van der Waals surface area contributed by atoms with Gasteiger partial charge in [-0.25, -0.2) is 9.97 Å². The van der Waals surface area contributed by atoms with Crippen molar-refractivity contribution >= 4 is 23.5 Å². The number of piperidine rings is 1. The largest absolute Gasteiger partial charge is 0.497 e. The van der Waals surface area contributed by atoms with Crippen LogP contribution < -0.4 is 19.7 Å². The van der Waals surface area contributed by atoms with Gasteiger partial charge in [-0.3, -0.25) is 4.79 Å². The summed E-state index contributed by atoms with van der Waals surface area (Å²) in [6, 6.07) is 5.35. The molecule has 1 aliphatic carbocycles. The number of nitrogens with zero attached hydrogens (tertiary/aromatic N) is 4. The van der Waals surface area contributed by atoms with Crippen LogP contribution >= 0.6 is 11.6 Å². The molecule has 1 amide bonds. The Morgan fingerprint density at radius 2 is 1.90 bits per heavy atom. The number of rotatable bonds is 8. The molecule has 1 aromatic carbocycles. The molecule has 0 unspecified atom stereocenters.